The van der Waals surface area contributed by atoms with E-state index in [1.54, 1.807) is 0 Å². The molecule has 1 atom stereocenters. The summed E-state index contributed by atoms with van der Waals surface area (Å²) >= 11 is 0. The van der Waals surface area contributed by atoms with E-state index in [9.17, 15) is 5.11 Å². The standard InChI is InChI=1S/C8H17O3.K/c1-3-4-5-10-6-7-11-8(2)9;/h8H,3-7H2,1-2H3;/q-1;+1. The molecule has 0 rings (SSSR count). The maximum absolute atomic E-state index is 10.3. The minimum Gasteiger partial charge on any atom is -0.831 e. The van der Waals surface area contributed by atoms with Crippen LogP contribution in [0.4, 0.5) is 0 Å². The van der Waals surface area contributed by atoms with Gasteiger partial charge in [-0.15, -0.1) is 0 Å². The van der Waals surface area contributed by atoms with Crippen LogP contribution in [0.2, 0.25) is 0 Å². The normalized spacial score (nSPS) is 12.2. The molecule has 0 radical (unpaired) electrons. The molecule has 0 saturated heterocycles. The van der Waals surface area contributed by atoms with Crippen molar-refractivity contribution in [1.82, 2.24) is 0 Å². The van der Waals surface area contributed by atoms with Crippen molar-refractivity contribution in [3.05, 3.63) is 0 Å². The summed E-state index contributed by atoms with van der Waals surface area (Å²) in [5.74, 6) is 0. The van der Waals surface area contributed by atoms with Crippen molar-refractivity contribution in [3.8, 4) is 0 Å². The molecule has 0 aromatic heterocycles. The van der Waals surface area contributed by atoms with Gasteiger partial charge in [0.2, 0.25) is 0 Å². The van der Waals surface area contributed by atoms with Crippen molar-refractivity contribution in [2.75, 3.05) is 19.8 Å². The molecule has 0 aliphatic carbocycles. The molecule has 0 fully saturated rings. The predicted molar refractivity (Wildman–Crippen MR) is 41.1 cm³/mol. The van der Waals surface area contributed by atoms with Gasteiger partial charge in [0.1, 0.15) is 0 Å². The zero-order chi connectivity index (χ0) is 8.53. The van der Waals surface area contributed by atoms with Crippen LogP contribution in [0.3, 0.4) is 0 Å². The molecular weight excluding hydrogens is 183 g/mol. The summed E-state index contributed by atoms with van der Waals surface area (Å²) in [6.07, 6.45) is 1.29. The van der Waals surface area contributed by atoms with Crippen LogP contribution in [0.1, 0.15) is 26.7 Å². The maximum atomic E-state index is 10.3. The van der Waals surface area contributed by atoms with E-state index >= 15 is 0 Å². The van der Waals surface area contributed by atoms with Crippen LogP contribution in [-0.4, -0.2) is 26.1 Å². The van der Waals surface area contributed by atoms with Crippen molar-refractivity contribution < 1.29 is 66.0 Å². The Labute approximate surface area is 117 Å². The Hall–Kier alpha value is 1.52. The largest absolute Gasteiger partial charge is 1.00 e. The zero-order valence-corrected chi connectivity index (χ0v) is 11.5. The zero-order valence-electron chi connectivity index (χ0n) is 8.34. The van der Waals surface area contributed by atoms with E-state index in [4.69, 9.17) is 9.47 Å². The van der Waals surface area contributed by atoms with Gasteiger partial charge >= 0.3 is 51.4 Å². The van der Waals surface area contributed by atoms with Gasteiger partial charge in [0.25, 0.3) is 0 Å². The molecule has 0 bridgehead atoms. The van der Waals surface area contributed by atoms with E-state index in [2.05, 4.69) is 6.92 Å². The van der Waals surface area contributed by atoms with E-state index in [0.717, 1.165) is 19.4 Å². The van der Waals surface area contributed by atoms with Gasteiger partial charge in [-0.1, -0.05) is 20.3 Å². The molecule has 0 aliphatic rings. The first kappa shape index (κ1) is 16.0. The number of hydrogen-bond acceptors (Lipinski definition) is 3. The van der Waals surface area contributed by atoms with Crippen LogP contribution in [0.15, 0.2) is 0 Å². The second kappa shape index (κ2) is 12.5. The van der Waals surface area contributed by atoms with Crippen molar-refractivity contribution in [3.63, 3.8) is 0 Å². The number of ether oxygens (including phenoxy) is 2. The van der Waals surface area contributed by atoms with Gasteiger partial charge < -0.3 is 14.6 Å². The average molecular weight is 200 g/mol. The topological polar surface area (TPSA) is 41.5 Å². The van der Waals surface area contributed by atoms with Gasteiger partial charge in [-0.2, -0.15) is 0 Å². The maximum Gasteiger partial charge on any atom is 1.00 e. The fraction of sp³-hybridized carbons (Fsp3) is 1.00. The summed E-state index contributed by atoms with van der Waals surface area (Å²) < 4.78 is 9.90. The molecule has 0 aliphatic heterocycles. The SMILES string of the molecule is CCCCOCCOC(C)[O-].[K+]. The Balaban J connectivity index is 0. The van der Waals surface area contributed by atoms with Gasteiger partial charge in [-0.25, -0.2) is 0 Å². The minimum absolute atomic E-state index is 0. The first-order valence-corrected chi connectivity index (χ1v) is 4.12. The molecule has 0 amide bonds. The van der Waals surface area contributed by atoms with Crippen molar-refractivity contribution in [2.45, 2.75) is 33.0 Å². The minimum atomic E-state index is -0.926. The molecule has 0 heterocycles. The Bertz CT molecular complexity index is 78.7. The van der Waals surface area contributed by atoms with Crippen molar-refractivity contribution in [1.29, 1.82) is 0 Å². The summed E-state index contributed by atoms with van der Waals surface area (Å²) in [7, 11) is 0. The van der Waals surface area contributed by atoms with Crippen LogP contribution in [-0.2, 0) is 9.47 Å². The summed E-state index contributed by atoms with van der Waals surface area (Å²) in [5.41, 5.74) is 0. The third-order valence-electron chi connectivity index (χ3n) is 1.22. The van der Waals surface area contributed by atoms with Crippen LogP contribution < -0.4 is 56.5 Å². The van der Waals surface area contributed by atoms with E-state index in [1.165, 1.54) is 6.92 Å². The van der Waals surface area contributed by atoms with Crippen LogP contribution in [0.25, 0.3) is 0 Å². The number of hydrogen-bond donors (Lipinski definition) is 0. The molecule has 3 nitrogen and oxygen atoms in total. The summed E-state index contributed by atoms with van der Waals surface area (Å²) in [4.78, 5) is 0. The predicted octanol–water partition coefficient (Wildman–Crippen LogP) is -2.47. The molecule has 68 valence electrons. The Morgan fingerprint density at radius 3 is 2.42 bits per heavy atom. The Kier molecular flexibility index (Phi) is 16.7. The fourth-order valence-electron chi connectivity index (χ4n) is 0.621. The van der Waals surface area contributed by atoms with E-state index in [0.29, 0.717) is 13.2 Å². The molecular formula is C8H17KO3. The Morgan fingerprint density at radius 1 is 1.25 bits per heavy atom. The monoisotopic (exact) mass is 200 g/mol. The third kappa shape index (κ3) is 14.1. The van der Waals surface area contributed by atoms with E-state index in [1.807, 2.05) is 0 Å². The number of unbranched alkanes of at least 4 members (excludes halogenated alkanes) is 1. The molecule has 0 aromatic carbocycles. The average Bonchev–Trinajstić information content (AvgIpc) is 1.96. The summed E-state index contributed by atoms with van der Waals surface area (Å²) in [5, 5.41) is 10.3. The molecule has 1 unspecified atom stereocenters. The summed E-state index contributed by atoms with van der Waals surface area (Å²) in [6, 6.07) is 0. The molecule has 0 aromatic rings. The van der Waals surface area contributed by atoms with Gasteiger partial charge in [0, 0.05) is 6.61 Å². The van der Waals surface area contributed by atoms with Gasteiger partial charge in [-0.05, 0) is 12.7 Å². The first-order valence-electron chi connectivity index (χ1n) is 4.12. The smallest absolute Gasteiger partial charge is 0.831 e. The van der Waals surface area contributed by atoms with E-state index in [-0.39, 0.29) is 51.4 Å². The molecule has 0 spiro atoms. The van der Waals surface area contributed by atoms with Crippen LogP contribution in [0.5, 0.6) is 0 Å². The van der Waals surface area contributed by atoms with E-state index < -0.39 is 6.29 Å². The molecule has 4 heteroatoms. The second-order valence-corrected chi connectivity index (χ2v) is 2.40. The van der Waals surface area contributed by atoms with Gasteiger partial charge in [0.15, 0.2) is 0 Å². The van der Waals surface area contributed by atoms with Crippen molar-refractivity contribution >= 4 is 0 Å². The molecule has 12 heavy (non-hydrogen) atoms. The first-order chi connectivity index (χ1) is 5.27. The third-order valence-corrected chi connectivity index (χ3v) is 1.22. The van der Waals surface area contributed by atoms with Gasteiger partial charge in [0.05, 0.1) is 13.2 Å². The number of rotatable bonds is 7. The quantitative estimate of drug-likeness (QED) is 0.260. The Morgan fingerprint density at radius 2 is 1.92 bits per heavy atom. The summed E-state index contributed by atoms with van der Waals surface area (Å²) in [6.45, 7) is 5.31. The van der Waals surface area contributed by atoms with Gasteiger partial charge in [-0.3, -0.25) is 0 Å². The second-order valence-electron chi connectivity index (χ2n) is 2.40. The van der Waals surface area contributed by atoms with Crippen molar-refractivity contribution in [2.24, 2.45) is 0 Å². The molecule has 0 N–H and O–H groups in total. The fourth-order valence-corrected chi connectivity index (χ4v) is 0.621. The molecule has 0 saturated carbocycles. The van der Waals surface area contributed by atoms with Crippen LogP contribution in [0, 0.1) is 0 Å². The van der Waals surface area contributed by atoms with Crippen LogP contribution >= 0.6 is 0 Å².